The monoisotopic (exact) mass is 604 g/mol. The van der Waals surface area contributed by atoms with E-state index < -0.39 is 12.0 Å². The third-order valence-electron chi connectivity index (χ3n) is 5.64. The first kappa shape index (κ1) is 27.2. The van der Waals surface area contributed by atoms with Gasteiger partial charge >= 0.3 is 5.97 Å². The maximum atomic E-state index is 13.8. The number of carbonyl (C=O) groups is 1. The first-order valence-corrected chi connectivity index (χ1v) is 13.6. The second-order valence-electron chi connectivity index (χ2n) is 8.55. The molecule has 0 spiro atoms. The van der Waals surface area contributed by atoms with Crippen molar-refractivity contribution in [2.24, 2.45) is 4.99 Å². The number of rotatable bonds is 7. The molecule has 0 bridgehead atoms. The molecule has 0 fully saturated rings. The van der Waals surface area contributed by atoms with E-state index in [1.165, 1.54) is 11.3 Å². The zero-order valence-corrected chi connectivity index (χ0v) is 24.2. The molecule has 0 unspecified atom stereocenters. The van der Waals surface area contributed by atoms with Crippen LogP contribution in [0.2, 0.25) is 5.02 Å². The van der Waals surface area contributed by atoms with Crippen LogP contribution < -0.4 is 24.4 Å². The summed E-state index contributed by atoms with van der Waals surface area (Å²) in [7, 11) is 1.58. The fourth-order valence-corrected chi connectivity index (χ4v) is 5.75. The molecule has 1 aliphatic rings. The molecule has 2 aromatic carbocycles. The highest BCUT2D eigenvalue weighted by atomic mass is 79.9. The van der Waals surface area contributed by atoms with Gasteiger partial charge in [-0.1, -0.05) is 35.1 Å². The van der Waals surface area contributed by atoms with Crippen molar-refractivity contribution in [3.05, 3.63) is 88.0 Å². The van der Waals surface area contributed by atoms with E-state index in [2.05, 4.69) is 20.9 Å². The number of thiazole rings is 1. The van der Waals surface area contributed by atoms with Gasteiger partial charge in [-0.15, -0.1) is 0 Å². The second kappa shape index (κ2) is 11.2. The molecule has 0 aliphatic carbocycles. The molecule has 0 radical (unpaired) electrons. The molecule has 37 heavy (non-hydrogen) atoms. The Morgan fingerprint density at radius 3 is 2.57 bits per heavy atom. The Bertz CT molecular complexity index is 1560. The number of methoxy groups -OCH3 is 1. The number of fused-ring (bicyclic) bond motifs is 1. The average Bonchev–Trinajstić information content (AvgIpc) is 3.14. The SMILES string of the molecule is CCOc1cc(OC)c(Br)cc1/C=c1\sc2n(c1=O)[C@H](c1ccc(Cl)cc1)C(C(=O)OC(C)C)=C(C)N=2. The molecule has 0 amide bonds. The van der Waals surface area contributed by atoms with Gasteiger partial charge in [-0.3, -0.25) is 9.36 Å². The van der Waals surface area contributed by atoms with E-state index in [1.807, 2.05) is 13.0 Å². The van der Waals surface area contributed by atoms with Crippen LogP contribution in [0.25, 0.3) is 6.08 Å². The quantitative estimate of drug-likeness (QED) is 0.354. The van der Waals surface area contributed by atoms with Gasteiger partial charge in [-0.05, 0) is 73.5 Å². The molecular formula is C27H26BrClN2O5S. The van der Waals surface area contributed by atoms with E-state index in [0.717, 1.165) is 10.0 Å². The third-order valence-corrected chi connectivity index (χ3v) is 7.50. The lowest BCUT2D eigenvalue weighted by atomic mass is 9.96. The lowest BCUT2D eigenvalue weighted by molar-refractivity contribution is -0.143. The number of hydrogen-bond acceptors (Lipinski definition) is 7. The molecular weight excluding hydrogens is 580 g/mol. The van der Waals surface area contributed by atoms with Crippen LogP contribution in [0, 0.1) is 0 Å². The molecule has 2 heterocycles. The van der Waals surface area contributed by atoms with Crippen LogP contribution >= 0.6 is 38.9 Å². The summed E-state index contributed by atoms with van der Waals surface area (Å²) in [5.41, 5.74) is 1.97. The van der Waals surface area contributed by atoms with Crippen LogP contribution in [-0.2, 0) is 9.53 Å². The maximum absolute atomic E-state index is 13.8. The van der Waals surface area contributed by atoms with Crippen molar-refractivity contribution in [2.75, 3.05) is 13.7 Å². The van der Waals surface area contributed by atoms with Crippen LogP contribution in [-0.4, -0.2) is 30.4 Å². The van der Waals surface area contributed by atoms with Gasteiger partial charge in [0, 0.05) is 16.7 Å². The number of aromatic nitrogens is 1. The minimum Gasteiger partial charge on any atom is -0.495 e. The van der Waals surface area contributed by atoms with E-state index >= 15 is 0 Å². The highest BCUT2D eigenvalue weighted by molar-refractivity contribution is 9.10. The van der Waals surface area contributed by atoms with Crippen LogP contribution in [0.3, 0.4) is 0 Å². The molecule has 0 saturated carbocycles. The molecule has 194 valence electrons. The summed E-state index contributed by atoms with van der Waals surface area (Å²) >= 11 is 10.9. The molecule has 1 atom stereocenters. The number of nitrogens with zero attached hydrogens (tertiary/aromatic N) is 2. The van der Waals surface area contributed by atoms with E-state index in [9.17, 15) is 9.59 Å². The molecule has 7 nitrogen and oxygen atoms in total. The van der Waals surface area contributed by atoms with Gasteiger partial charge in [-0.25, -0.2) is 9.79 Å². The standard InChI is InChI=1S/C27H26BrClN2O5S/c1-6-35-20-13-21(34-5)19(28)11-17(20)12-22-25(32)31-24(16-7-9-18(29)10-8-16)23(26(33)36-14(2)3)15(4)30-27(31)37-22/h7-14,24H,6H2,1-5H3/b22-12-/t24-/m1/s1. The lowest BCUT2D eigenvalue weighted by Gasteiger charge is -2.25. The smallest absolute Gasteiger partial charge is 0.338 e. The lowest BCUT2D eigenvalue weighted by Crippen LogP contribution is -2.40. The topological polar surface area (TPSA) is 79.1 Å². The summed E-state index contributed by atoms with van der Waals surface area (Å²) in [5.74, 6) is 0.692. The van der Waals surface area contributed by atoms with Crippen molar-refractivity contribution in [3.8, 4) is 11.5 Å². The number of benzene rings is 2. The van der Waals surface area contributed by atoms with E-state index in [1.54, 1.807) is 68.9 Å². The molecule has 4 rings (SSSR count). The minimum absolute atomic E-state index is 0.277. The Kier molecular flexibility index (Phi) is 8.26. The Balaban J connectivity index is 1.95. The number of hydrogen-bond donors (Lipinski definition) is 0. The molecule has 10 heteroatoms. The van der Waals surface area contributed by atoms with Crippen LogP contribution in [0.5, 0.6) is 11.5 Å². The number of ether oxygens (including phenoxy) is 3. The fraction of sp³-hybridized carbons (Fsp3) is 0.296. The van der Waals surface area contributed by atoms with Crippen LogP contribution in [0.4, 0.5) is 0 Å². The van der Waals surface area contributed by atoms with Crippen molar-refractivity contribution < 1.29 is 19.0 Å². The summed E-state index contributed by atoms with van der Waals surface area (Å²) in [5, 5.41) is 0.553. The van der Waals surface area contributed by atoms with Gasteiger partial charge in [0.1, 0.15) is 11.5 Å². The largest absolute Gasteiger partial charge is 0.495 e. The summed E-state index contributed by atoms with van der Waals surface area (Å²) in [6.45, 7) is 7.65. The normalized spacial score (nSPS) is 15.5. The minimum atomic E-state index is -0.712. The fourth-order valence-electron chi connectivity index (χ4n) is 4.06. The molecule has 1 aromatic heterocycles. The van der Waals surface area contributed by atoms with Gasteiger partial charge in [0.05, 0.1) is 46.1 Å². The van der Waals surface area contributed by atoms with Gasteiger partial charge in [0.2, 0.25) is 0 Å². The molecule has 1 aliphatic heterocycles. The van der Waals surface area contributed by atoms with Crippen LogP contribution in [0.15, 0.2) is 61.9 Å². The van der Waals surface area contributed by atoms with E-state index in [-0.39, 0.29) is 11.7 Å². The van der Waals surface area contributed by atoms with Crippen molar-refractivity contribution in [1.29, 1.82) is 0 Å². The summed E-state index contributed by atoms with van der Waals surface area (Å²) in [6, 6.07) is 9.98. The molecule has 3 aromatic rings. The maximum Gasteiger partial charge on any atom is 0.338 e. The third kappa shape index (κ3) is 5.54. The van der Waals surface area contributed by atoms with Crippen molar-refractivity contribution >= 4 is 50.9 Å². The van der Waals surface area contributed by atoms with Crippen molar-refractivity contribution in [1.82, 2.24) is 4.57 Å². The summed E-state index contributed by atoms with van der Waals surface area (Å²) in [6.07, 6.45) is 1.44. The van der Waals surface area contributed by atoms with E-state index in [0.29, 0.717) is 49.3 Å². The zero-order chi connectivity index (χ0) is 26.9. The Labute approximate surface area is 231 Å². The van der Waals surface area contributed by atoms with Gasteiger partial charge < -0.3 is 14.2 Å². The zero-order valence-electron chi connectivity index (χ0n) is 21.0. The highest BCUT2D eigenvalue weighted by Crippen LogP contribution is 2.34. The predicted molar refractivity (Wildman–Crippen MR) is 148 cm³/mol. The number of halogens is 2. The number of esters is 1. The highest BCUT2D eigenvalue weighted by Gasteiger charge is 2.33. The van der Waals surface area contributed by atoms with E-state index in [4.69, 9.17) is 25.8 Å². The van der Waals surface area contributed by atoms with Crippen LogP contribution in [0.1, 0.15) is 44.9 Å². The first-order chi connectivity index (χ1) is 17.6. The first-order valence-electron chi connectivity index (χ1n) is 11.6. The Morgan fingerprint density at radius 2 is 1.95 bits per heavy atom. The molecule has 0 N–H and O–H groups in total. The van der Waals surface area contributed by atoms with Crippen molar-refractivity contribution in [2.45, 2.75) is 39.8 Å². The Hall–Kier alpha value is -2.88. The summed E-state index contributed by atoms with van der Waals surface area (Å²) in [4.78, 5) is 32.1. The number of allylic oxidation sites excluding steroid dienone is 1. The van der Waals surface area contributed by atoms with Gasteiger partial charge in [0.25, 0.3) is 5.56 Å². The second-order valence-corrected chi connectivity index (χ2v) is 10.8. The summed E-state index contributed by atoms with van der Waals surface area (Å²) < 4.78 is 19.5. The number of carbonyl (C=O) groups excluding carboxylic acids is 1. The Morgan fingerprint density at radius 1 is 1.24 bits per heavy atom. The van der Waals surface area contributed by atoms with Gasteiger partial charge in [-0.2, -0.15) is 0 Å². The molecule has 0 saturated heterocycles. The van der Waals surface area contributed by atoms with Crippen molar-refractivity contribution in [3.63, 3.8) is 0 Å². The predicted octanol–water partition coefficient (Wildman–Crippen LogP) is 5.01. The average molecular weight is 606 g/mol. The van der Waals surface area contributed by atoms with Gasteiger partial charge in [0.15, 0.2) is 4.80 Å².